The Labute approximate surface area is 231 Å². The SMILES string of the molecule is COc1cccc(-n2cc(C(=O)NCCC(=O)N3CCN(c4cccc(Cl)c4)CC3)c3ccccc3c2=O)c1. The number of anilines is 1. The van der Waals surface area contributed by atoms with E-state index >= 15 is 0 Å². The standard InChI is InChI=1S/C30H29ClN4O4/c1-39-24-9-5-8-23(19-24)35-20-27(25-10-2-3-11-26(25)30(35)38)29(37)32-13-12-28(36)34-16-14-33(15-17-34)22-7-4-6-21(31)18-22/h2-11,18-20H,12-17H2,1H3,(H,32,37). The van der Waals surface area contributed by atoms with Crippen molar-refractivity contribution in [2.75, 3.05) is 44.7 Å². The number of ether oxygens (including phenoxy) is 1. The normalized spacial score (nSPS) is 13.4. The summed E-state index contributed by atoms with van der Waals surface area (Å²) >= 11 is 6.11. The number of pyridine rings is 1. The van der Waals surface area contributed by atoms with Crippen LogP contribution in [-0.4, -0.2) is 61.1 Å². The van der Waals surface area contributed by atoms with Gasteiger partial charge in [0.2, 0.25) is 5.91 Å². The molecule has 1 aliphatic rings. The zero-order valence-electron chi connectivity index (χ0n) is 21.6. The molecule has 0 spiro atoms. The summed E-state index contributed by atoms with van der Waals surface area (Å²) in [7, 11) is 1.56. The molecule has 4 aromatic rings. The molecule has 0 atom stereocenters. The molecule has 0 saturated carbocycles. The minimum absolute atomic E-state index is 0.00717. The highest BCUT2D eigenvalue weighted by Crippen LogP contribution is 2.22. The molecule has 0 radical (unpaired) electrons. The highest BCUT2D eigenvalue weighted by molar-refractivity contribution is 6.30. The van der Waals surface area contributed by atoms with Gasteiger partial charge in [-0.05, 0) is 36.4 Å². The van der Waals surface area contributed by atoms with Gasteiger partial charge in [0.15, 0.2) is 0 Å². The minimum Gasteiger partial charge on any atom is -0.497 e. The fourth-order valence-electron chi connectivity index (χ4n) is 4.85. The lowest BCUT2D eigenvalue weighted by Crippen LogP contribution is -2.49. The van der Waals surface area contributed by atoms with Gasteiger partial charge in [-0.3, -0.25) is 19.0 Å². The van der Waals surface area contributed by atoms with Crippen LogP contribution >= 0.6 is 11.6 Å². The zero-order valence-corrected chi connectivity index (χ0v) is 22.4. The zero-order chi connectivity index (χ0) is 27.4. The summed E-state index contributed by atoms with van der Waals surface area (Å²) in [6, 6.07) is 21.8. The average molecular weight is 545 g/mol. The first-order valence-corrected chi connectivity index (χ1v) is 13.2. The van der Waals surface area contributed by atoms with Crippen LogP contribution < -0.4 is 20.5 Å². The summed E-state index contributed by atoms with van der Waals surface area (Å²) in [5.74, 6) is 0.249. The second-order valence-electron chi connectivity index (χ2n) is 9.32. The number of amides is 2. The third-order valence-electron chi connectivity index (χ3n) is 6.93. The molecule has 1 saturated heterocycles. The first-order valence-electron chi connectivity index (χ1n) is 12.8. The summed E-state index contributed by atoms with van der Waals surface area (Å²) in [6.45, 7) is 2.84. The molecule has 0 aliphatic carbocycles. The van der Waals surface area contributed by atoms with Gasteiger partial charge in [0, 0.05) is 72.9 Å². The Kier molecular flexibility index (Phi) is 7.84. The van der Waals surface area contributed by atoms with Gasteiger partial charge < -0.3 is 19.9 Å². The molecule has 0 bridgehead atoms. The van der Waals surface area contributed by atoms with Crippen LogP contribution in [0.2, 0.25) is 5.02 Å². The van der Waals surface area contributed by atoms with Crippen molar-refractivity contribution in [3.8, 4) is 11.4 Å². The van der Waals surface area contributed by atoms with Crippen molar-refractivity contribution in [1.82, 2.24) is 14.8 Å². The number of rotatable bonds is 7. The third-order valence-corrected chi connectivity index (χ3v) is 7.17. The maximum absolute atomic E-state index is 13.3. The number of carbonyl (C=O) groups excluding carboxylic acids is 2. The minimum atomic E-state index is -0.346. The maximum Gasteiger partial charge on any atom is 0.262 e. The molecule has 2 heterocycles. The molecule has 2 amide bonds. The van der Waals surface area contributed by atoms with E-state index in [1.165, 1.54) is 4.57 Å². The van der Waals surface area contributed by atoms with E-state index in [1.54, 1.807) is 61.8 Å². The van der Waals surface area contributed by atoms with Crippen molar-refractivity contribution < 1.29 is 14.3 Å². The molecule has 8 nitrogen and oxygen atoms in total. The number of methoxy groups -OCH3 is 1. The molecule has 1 aromatic heterocycles. The van der Waals surface area contributed by atoms with Crippen LogP contribution in [0.15, 0.2) is 83.8 Å². The fourth-order valence-corrected chi connectivity index (χ4v) is 5.03. The lowest BCUT2D eigenvalue weighted by Gasteiger charge is -2.36. The molecule has 39 heavy (non-hydrogen) atoms. The number of nitrogens with one attached hydrogen (secondary N) is 1. The molecule has 9 heteroatoms. The van der Waals surface area contributed by atoms with E-state index in [9.17, 15) is 14.4 Å². The monoisotopic (exact) mass is 544 g/mol. The molecular formula is C30H29ClN4O4. The Hall–Kier alpha value is -4.30. The molecule has 1 N–H and O–H groups in total. The van der Waals surface area contributed by atoms with Crippen LogP contribution in [0, 0.1) is 0 Å². The second kappa shape index (κ2) is 11.6. The number of fused-ring (bicyclic) bond motifs is 1. The molecular weight excluding hydrogens is 516 g/mol. The number of carbonyl (C=O) groups is 2. The predicted molar refractivity (Wildman–Crippen MR) is 153 cm³/mol. The van der Waals surface area contributed by atoms with Crippen LogP contribution in [0.5, 0.6) is 5.75 Å². The Balaban J connectivity index is 1.25. The van der Waals surface area contributed by atoms with E-state index in [4.69, 9.17) is 16.3 Å². The summed E-state index contributed by atoms with van der Waals surface area (Å²) in [6.07, 6.45) is 1.74. The third kappa shape index (κ3) is 5.76. The van der Waals surface area contributed by atoms with Crippen molar-refractivity contribution in [2.24, 2.45) is 0 Å². The van der Waals surface area contributed by atoms with Gasteiger partial charge in [-0.2, -0.15) is 0 Å². The van der Waals surface area contributed by atoms with E-state index in [0.29, 0.717) is 45.9 Å². The summed E-state index contributed by atoms with van der Waals surface area (Å²) < 4.78 is 6.75. The van der Waals surface area contributed by atoms with Gasteiger partial charge in [0.1, 0.15) is 5.75 Å². The van der Waals surface area contributed by atoms with Crippen molar-refractivity contribution in [3.63, 3.8) is 0 Å². The van der Waals surface area contributed by atoms with E-state index in [2.05, 4.69) is 10.2 Å². The van der Waals surface area contributed by atoms with Crippen LogP contribution in [0.3, 0.4) is 0 Å². The number of aromatic nitrogens is 1. The fraction of sp³-hybridized carbons (Fsp3) is 0.233. The second-order valence-corrected chi connectivity index (χ2v) is 9.76. The van der Waals surface area contributed by atoms with E-state index in [1.807, 2.05) is 29.2 Å². The predicted octanol–water partition coefficient (Wildman–Crippen LogP) is 4.12. The Morgan fingerprint density at radius 3 is 2.36 bits per heavy atom. The number of piperazine rings is 1. The number of hydrogen-bond donors (Lipinski definition) is 1. The Morgan fingerprint density at radius 2 is 1.62 bits per heavy atom. The topological polar surface area (TPSA) is 83.9 Å². The molecule has 5 rings (SSSR count). The van der Waals surface area contributed by atoms with Gasteiger partial charge in [0.25, 0.3) is 11.5 Å². The molecule has 3 aromatic carbocycles. The Bertz CT molecular complexity index is 1580. The van der Waals surface area contributed by atoms with Crippen LogP contribution in [0.25, 0.3) is 16.5 Å². The smallest absolute Gasteiger partial charge is 0.262 e. The summed E-state index contributed by atoms with van der Waals surface area (Å²) in [4.78, 5) is 43.4. The van der Waals surface area contributed by atoms with Crippen molar-refractivity contribution in [1.29, 1.82) is 0 Å². The van der Waals surface area contributed by atoms with E-state index in [-0.39, 0.29) is 30.3 Å². The summed E-state index contributed by atoms with van der Waals surface area (Å²) in [5.41, 5.74) is 1.76. The van der Waals surface area contributed by atoms with Crippen LogP contribution in [0.1, 0.15) is 16.8 Å². The lowest BCUT2D eigenvalue weighted by molar-refractivity contribution is -0.131. The average Bonchev–Trinajstić information content (AvgIpc) is 2.97. The highest BCUT2D eigenvalue weighted by Gasteiger charge is 2.22. The van der Waals surface area contributed by atoms with Gasteiger partial charge in [-0.15, -0.1) is 0 Å². The number of benzene rings is 3. The van der Waals surface area contributed by atoms with E-state index in [0.717, 1.165) is 18.8 Å². The quantitative estimate of drug-likeness (QED) is 0.378. The maximum atomic E-state index is 13.3. The van der Waals surface area contributed by atoms with E-state index < -0.39 is 0 Å². The number of nitrogens with zero attached hydrogens (tertiary/aromatic N) is 3. The van der Waals surface area contributed by atoms with Gasteiger partial charge >= 0.3 is 0 Å². The first-order chi connectivity index (χ1) is 18.9. The lowest BCUT2D eigenvalue weighted by atomic mass is 10.1. The van der Waals surface area contributed by atoms with Gasteiger partial charge in [0.05, 0.1) is 18.4 Å². The Morgan fingerprint density at radius 1 is 0.897 bits per heavy atom. The van der Waals surface area contributed by atoms with Gasteiger partial charge in [-0.1, -0.05) is 41.9 Å². The van der Waals surface area contributed by atoms with Crippen molar-refractivity contribution >= 4 is 39.9 Å². The van der Waals surface area contributed by atoms with Crippen molar-refractivity contribution in [3.05, 3.63) is 99.9 Å². The molecule has 1 fully saturated rings. The number of halogens is 1. The molecule has 1 aliphatic heterocycles. The first kappa shape index (κ1) is 26.3. The number of hydrogen-bond acceptors (Lipinski definition) is 5. The van der Waals surface area contributed by atoms with Crippen molar-refractivity contribution in [2.45, 2.75) is 6.42 Å². The largest absolute Gasteiger partial charge is 0.497 e. The molecule has 0 unspecified atom stereocenters. The highest BCUT2D eigenvalue weighted by atomic mass is 35.5. The summed E-state index contributed by atoms with van der Waals surface area (Å²) in [5, 5.41) is 4.55. The van der Waals surface area contributed by atoms with Gasteiger partial charge in [-0.25, -0.2) is 0 Å². The molecule has 200 valence electrons. The van der Waals surface area contributed by atoms with Crippen LogP contribution in [-0.2, 0) is 4.79 Å². The van der Waals surface area contributed by atoms with Crippen LogP contribution in [0.4, 0.5) is 5.69 Å².